The molecule has 0 unspecified atom stereocenters. The van der Waals surface area contributed by atoms with Gasteiger partial charge in [0.15, 0.2) is 0 Å². The average molecular weight is 215 g/mol. The second kappa shape index (κ2) is 6.36. The van der Waals surface area contributed by atoms with Crippen LogP contribution in [0.1, 0.15) is 29.4 Å². The van der Waals surface area contributed by atoms with E-state index >= 15 is 0 Å². The van der Waals surface area contributed by atoms with E-state index in [0.717, 1.165) is 6.42 Å². The molecule has 0 aromatic carbocycles. The van der Waals surface area contributed by atoms with E-state index in [4.69, 9.17) is 5.26 Å². The van der Waals surface area contributed by atoms with E-state index in [1.165, 1.54) is 6.20 Å². The van der Waals surface area contributed by atoms with E-state index in [9.17, 15) is 4.79 Å². The summed E-state index contributed by atoms with van der Waals surface area (Å²) in [5, 5.41) is 11.3. The Morgan fingerprint density at radius 1 is 1.62 bits per heavy atom. The molecule has 0 aliphatic rings. The number of nitriles is 1. The van der Waals surface area contributed by atoms with E-state index in [2.05, 4.69) is 10.3 Å². The predicted molar refractivity (Wildman–Crippen MR) is 60.7 cm³/mol. The van der Waals surface area contributed by atoms with Crippen LogP contribution in [0.25, 0.3) is 0 Å². The Morgan fingerprint density at radius 2 is 2.44 bits per heavy atom. The molecule has 1 N–H and O–H groups in total. The van der Waals surface area contributed by atoms with Crippen LogP contribution >= 0.6 is 0 Å². The van der Waals surface area contributed by atoms with Crippen molar-refractivity contribution in [2.75, 3.05) is 6.54 Å². The lowest BCUT2D eigenvalue weighted by Crippen LogP contribution is -2.24. The Kier molecular flexibility index (Phi) is 4.74. The first-order valence-corrected chi connectivity index (χ1v) is 5.03. The third-order valence-corrected chi connectivity index (χ3v) is 1.96. The summed E-state index contributed by atoms with van der Waals surface area (Å²) in [6.45, 7) is 2.52. The summed E-state index contributed by atoms with van der Waals surface area (Å²) in [4.78, 5) is 15.4. The lowest BCUT2D eigenvalue weighted by Gasteiger charge is -2.02. The van der Waals surface area contributed by atoms with Gasteiger partial charge in [0.2, 0.25) is 0 Å². The van der Waals surface area contributed by atoms with Crippen molar-refractivity contribution in [2.24, 2.45) is 0 Å². The molecule has 0 fully saturated rings. The fourth-order valence-electron chi connectivity index (χ4n) is 1.12. The minimum atomic E-state index is -0.214. The zero-order valence-electron chi connectivity index (χ0n) is 9.10. The summed E-state index contributed by atoms with van der Waals surface area (Å²) in [7, 11) is 0. The quantitative estimate of drug-likeness (QED) is 0.613. The Labute approximate surface area is 94.6 Å². The molecule has 0 aliphatic heterocycles. The smallest absolute Gasteiger partial charge is 0.269 e. The van der Waals surface area contributed by atoms with Gasteiger partial charge in [-0.25, -0.2) is 4.98 Å². The Balaban J connectivity index is 2.50. The standard InChI is InChI=1S/C12H13N3O/c1-2-3-4-7-14-12(16)11-6-5-10(8-13)9-15-11/h2-3,5-6,9H,4,7H2,1H3,(H,14,16)/b3-2+. The lowest BCUT2D eigenvalue weighted by molar-refractivity contribution is 0.0949. The molecular formula is C12H13N3O. The minimum absolute atomic E-state index is 0.214. The number of carbonyl (C=O) groups is 1. The van der Waals surface area contributed by atoms with Crippen LogP contribution in [-0.2, 0) is 0 Å². The number of pyridine rings is 1. The SMILES string of the molecule is C/C=C/CCNC(=O)c1ccc(C#N)cn1. The van der Waals surface area contributed by atoms with Crippen molar-refractivity contribution >= 4 is 5.91 Å². The van der Waals surface area contributed by atoms with E-state index in [-0.39, 0.29) is 5.91 Å². The summed E-state index contributed by atoms with van der Waals surface area (Å²) in [5.74, 6) is -0.214. The topological polar surface area (TPSA) is 65.8 Å². The summed E-state index contributed by atoms with van der Waals surface area (Å²) in [6.07, 6.45) is 6.11. The van der Waals surface area contributed by atoms with Gasteiger partial charge in [-0.1, -0.05) is 12.2 Å². The molecule has 0 radical (unpaired) electrons. The number of carbonyl (C=O) groups excluding carboxylic acids is 1. The van der Waals surface area contributed by atoms with Crippen molar-refractivity contribution in [3.8, 4) is 6.07 Å². The van der Waals surface area contributed by atoms with Gasteiger partial charge < -0.3 is 5.32 Å². The third-order valence-electron chi connectivity index (χ3n) is 1.96. The van der Waals surface area contributed by atoms with E-state index in [1.54, 1.807) is 12.1 Å². The Morgan fingerprint density at radius 3 is 3.00 bits per heavy atom. The van der Waals surface area contributed by atoms with Crippen LogP contribution in [0.3, 0.4) is 0 Å². The van der Waals surface area contributed by atoms with Crippen molar-refractivity contribution in [3.63, 3.8) is 0 Å². The molecule has 1 heterocycles. The van der Waals surface area contributed by atoms with Crippen molar-refractivity contribution in [3.05, 3.63) is 41.7 Å². The minimum Gasteiger partial charge on any atom is -0.350 e. The van der Waals surface area contributed by atoms with E-state index in [1.807, 2.05) is 25.1 Å². The van der Waals surface area contributed by atoms with Crippen LogP contribution in [0.5, 0.6) is 0 Å². The molecule has 0 aliphatic carbocycles. The van der Waals surface area contributed by atoms with Gasteiger partial charge in [-0.2, -0.15) is 5.26 Å². The monoisotopic (exact) mass is 215 g/mol. The number of nitrogens with zero attached hydrogens (tertiary/aromatic N) is 2. The molecule has 1 aromatic rings. The first-order chi connectivity index (χ1) is 7.77. The van der Waals surface area contributed by atoms with Crippen LogP contribution in [0.2, 0.25) is 0 Å². The van der Waals surface area contributed by atoms with Gasteiger partial charge in [0.1, 0.15) is 11.8 Å². The van der Waals surface area contributed by atoms with Crippen molar-refractivity contribution in [1.82, 2.24) is 10.3 Å². The highest BCUT2D eigenvalue weighted by molar-refractivity contribution is 5.92. The largest absolute Gasteiger partial charge is 0.350 e. The van der Waals surface area contributed by atoms with E-state index < -0.39 is 0 Å². The first-order valence-electron chi connectivity index (χ1n) is 5.03. The molecule has 82 valence electrons. The molecule has 0 saturated carbocycles. The zero-order chi connectivity index (χ0) is 11.8. The Bertz CT molecular complexity index is 415. The average Bonchev–Trinajstić information content (AvgIpc) is 2.34. The summed E-state index contributed by atoms with van der Waals surface area (Å²) in [5.41, 5.74) is 0.782. The van der Waals surface area contributed by atoms with Gasteiger partial charge in [0.05, 0.1) is 5.56 Å². The molecule has 0 spiro atoms. The first kappa shape index (κ1) is 11.9. The van der Waals surface area contributed by atoms with E-state index in [0.29, 0.717) is 17.8 Å². The second-order valence-electron chi connectivity index (χ2n) is 3.16. The molecule has 4 nitrogen and oxygen atoms in total. The van der Waals surface area contributed by atoms with Crippen molar-refractivity contribution < 1.29 is 4.79 Å². The number of nitrogens with one attached hydrogen (secondary N) is 1. The van der Waals surface area contributed by atoms with Crippen LogP contribution in [0, 0.1) is 11.3 Å². The fraction of sp³-hybridized carbons (Fsp3) is 0.250. The molecule has 1 rings (SSSR count). The third kappa shape index (κ3) is 3.54. The number of aromatic nitrogens is 1. The van der Waals surface area contributed by atoms with Crippen LogP contribution in [-0.4, -0.2) is 17.4 Å². The molecule has 1 amide bonds. The van der Waals surface area contributed by atoms with Gasteiger partial charge in [-0.05, 0) is 25.5 Å². The summed E-state index contributed by atoms with van der Waals surface area (Å²) < 4.78 is 0. The number of hydrogen-bond donors (Lipinski definition) is 1. The molecular weight excluding hydrogens is 202 g/mol. The molecule has 16 heavy (non-hydrogen) atoms. The van der Waals surface area contributed by atoms with Gasteiger partial charge >= 0.3 is 0 Å². The Hall–Kier alpha value is -2.15. The highest BCUT2D eigenvalue weighted by atomic mass is 16.1. The predicted octanol–water partition coefficient (Wildman–Crippen LogP) is 1.65. The molecule has 0 atom stereocenters. The maximum Gasteiger partial charge on any atom is 0.269 e. The number of rotatable bonds is 4. The van der Waals surface area contributed by atoms with Gasteiger partial charge in [-0.15, -0.1) is 0 Å². The highest BCUT2D eigenvalue weighted by Gasteiger charge is 2.05. The maximum atomic E-state index is 11.5. The molecule has 4 heteroatoms. The van der Waals surface area contributed by atoms with Crippen molar-refractivity contribution in [1.29, 1.82) is 5.26 Å². The highest BCUT2D eigenvalue weighted by Crippen LogP contribution is 1.98. The normalized spacial score (nSPS) is 10.0. The van der Waals surface area contributed by atoms with Gasteiger partial charge in [-0.3, -0.25) is 4.79 Å². The van der Waals surface area contributed by atoms with Crippen LogP contribution in [0.4, 0.5) is 0 Å². The van der Waals surface area contributed by atoms with Gasteiger partial charge in [0.25, 0.3) is 5.91 Å². The lowest BCUT2D eigenvalue weighted by atomic mass is 10.2. The molecule has 0 bridgehead atoms. The molecule has 1 aromatic heterocycles. The van der Waals surface area contributed by atoms with Crippen LogP contribution < -0.4 is 5.32 Å². The maximum absolute atomic E-state index is 11.5. The summed E-state index contributed by atoms with van der Waals surface area (Å²) >= 11 is 0. The number of allylic oxidation sites excluding steroid dienone is 1. The van der Waals surface area contributed by atoms with Crippen molar-refractivity contribution in [2.45, 2.75) is 13.3 Å². The zero-order valence-corrected chi connectivity index (χ0v) is 9.10. The van der Waals surface area contributed by atoms with Crippen LogP contribution in [0.15, 0.2) is 30.5 Å². The fourth-order valence-corrected chi connectivity index (χ4v) is 1.12. The second-order valence-corrected chi connectivity index (χ2v) is 3.16. The number of hydrogen-bond acceptors (Lipinski definition) is 3. The van der Waals surface area contributed by atoms with Gasteiger partial charge in [0, 0.05) is 12.7 Å². The number of amides is 1. The molecule has 0 saturated heterocycles. The summed E-state index contributed by atoms with van der Waals surface area (Å²) in [6, 6.07) is 5.07.